The average Bonchev–Trinajstić information content (AvgIpc) is 2.38. The smallest absolute Gasteiger partial charge is 0.336 e. The lowest BCUT2D eigenvalue weighted by Crippen LogP contribution is -2.16. The molecule has 0 saturated heterocycles. The van der Waals surface area contributed by atoms with Crippen molar-refractivity contribution in [2.75, 3.05) is 13.2 Å². The van der Waals surface area contributed by atoms with E-state index in [-0.39, 0.29) is 5.63 Å². The van der Waals surface area contributed by atoms with Crippen LogP contribution in [0, 0.1) is 0 Å². The van der Waals surface area contributed by atoms with Crippen LogP contribution in [0.15, 0.2) is 39.5 Å². The van der Waals surface area contributed by atoms with Gasteiger partial charge in [0.15, 0.2) is 0 Å². The van der Waals surface area contributed by atoms with Crippen LogP contribution in [0.1, 0.15) is 12.8 Å². The zero-order valence-corrected chi connectivity index (χ0v) is 10.5. The molecule has 0 aliphatic rings. The van der Waals surface area contributed by atoms with Gasteiger partial charge in [0.25, 0.3) is 0 Å². The van der Waals surface area contributed by atoms with Crippen LogP contribution in [-0.4, -0.2) is 24.4 Å². The van der Waals surface area contributed by atoms with Gasteiger partial charge in [-0.1, -0.05) is 0 Å². The molecule has 0 aliphatic heterocycles. The van der Waals surface area contributed by atoms with Crippen LogP contribution < -0.4 is 16.1 Å². The van der Waals surface area contributed by atoms with Gasteiger partial charge in [0.1, 0.15) is 11.3 Å². The van der Waals surface area contributed by atoms with Crippen molar-refractivity contribution in [3.63, 3.8) is 0 Å². The normalized spacial score (nSPS) is 12.5. The minimum atomic E-state index is -0.441. The van der Waals surface area contributed by atoms with Crippen LogP contribution in [0.4, 0.5) is 0 Å². The molecule has 3 N–H and O–H groups in total. The lowest BCUT2D eigenvalue weighted by molar-refractivity contribution is 0.133. The summed E-state index contributed by atoms with van der Waals surface area (Å²) in [4.78, 5) is 11.1. The quantitative estimate of drug-likeness (QED) is 0.766. The highest BCUT2D eigenvalue weighted by molar-refractivity contribution is 5.77. The lowest BCUT2D eigenvalue weighted by atomic mass is 10.2. The molecule has 1 aromatic carbocycles. The molecule has 102 valence electrons. The molecule has 5 heteroatoms. The van der Waals surface area contributed by atoms with Crippen molar-refractivity contribution in [3.05, 3.63) is 40.8 Å². The van der Waals surface area contributed by atoms with Gasteiger partial charge in [0.2, 0.25) is 0 Å². The Labute approximate surface area is 110 Å². The first-order valence-corrected chi connectivity index (χ1v) is 6.24. The van der Waals surface area contributed by atoms with Crippen molar-refractivity contribution >= 4 is 11.0 Å². The Morgan fingerprint density at radius 1 is 1.26 bits per heavy atom. The number of nitrogens with two attached hydrogens (primary N) is 1. The minimum absolute atomic E-state index is 0.386. The third-order valence-electron chi connectivity index (χ3n) is 2.81. The molecule has 2 aromatic rings. The summed E-state index contributed by atoms with van der Waals surface area (Å²) in [5.74, 6) is 0.613. The van der Waals surface area contributed by atoms with Crippen LogP contribution in [0.5, 0.6) is 5.75 Å². The largest absolute Gasteiger partial charge is 0.493 e. The summed E-state index contributed by atoms with van der Waals surface area (Å²) in [5, 5.41) is 10.4. The van der Waals surface area contributed by atoms with Gasteiger partial charge in [-0.15, -0.1) is 0 Å². The van der Waals surface area contributed by atoms with Crippen molar-refractivity contribution in [1.29, 1.82) is 0 Å². The van der Waals surface area contributed by atoms with E-state index in [1.165, 1.54) is 6.07 Å². The molecule has 1 heterocycles. The molecule has 0 spiro atoms. The first-order valence-electron chi connectivity index (χ1n) is 6.24. The summed E-state index contributed by atoms with van der Waals surface area (Å²) in [6, 6.07) is 8.38. The minimum Gasteiger partial charge on any atom is -0.493 e. The summed E-state index contributed by atoms with van der Waals surface area (Å²) in [6.07, 6.45) is 0.646. The Kier molecular flexibility index (Phi) is 4.54. The standard InChI is InChI=1S/C14H17NO4/c15-7-5-11(16)6-8-18-12-3-1-10-2-4-14(17)19-13(10)9-12/h1-4,9,11,16H,5-8,15H2. The maximum atomic E-state index is 11.1. The van der Waals surface area contributed by atoms with Crippen LogP contribution in [0.2, 0.25) is 0 Å². The number of hydrogen-bond donors (Lipinski definition) is 2. The molecule has 1 atom stereocenters. The number of fused-ring (bicyclic) bond motifs is 1. The van der Waals surface area contributed by atoms with Gasteiger partial charge < -0.3 is 20.0 Å². The number of aliphatic hydroxyl groups excluding tert-OH is 1. The van der Waals surface area contributed by atoms with Crippen LogP contribution in [0.3, 0.4) is 0 Å². The van der Waals surface area contributed by atoms with Crippen molar-refractivity contribution in [1.82, 2.24) is 0 Å². The van der Waals surface area contributed by atoms with Crippen LogP contribution in [-0.2, 0) is 0 Å². The topological polar surface area (TPSA) is 85.7 Å². The van der Waals surface area contributed by atoms with E-state index in [1.54, 1.807) is 18.2 Å². The second kappa shape index (κ2) is 6.36. The molecule has 0 amide bonds. The third kappa shape index (κ3) is 3.81. The lowest BCUT2D eigenvalue weighted by Gasteiger charge is -2.10. The predicted octanol–water partition coefficient (Wildman–Crippen LogP) is 1.27. The summed E-state index contributed by atoms with van der Waals surface area (Å²) in [6.45, 7) is 0.853. The monoisotopic (exact) mass is 263 g/mol. The van der Waals surface area contributed by atoms with Gasteiger partial charge in [0.05, 0.1) is 12.7 Å². The van der Waals surface area contributed by atoms with Gasteiger partial charge in [-0.25, -0.2) is 4.79 Å². The van der Waals surface area contributed by atoms with Crippen LogP contribution >= 0.6 is 0 Å². The fourth-order valence-corrected chi connectivity index (χ4v) is 1.78. The van der Waals surface area contributed by atoms with Crippen LogP contribution in [0.25, 0.3) is 11.0 Å². The fourth-order valence-electron chi connectivity index (χ4n) is 1.78. The maximum Gasteiger partial charge on any atom is 0.336 e. The molecule has 1 unspecified atom stereocenters. The molecule has 2 rings (SSSR count). The van der Waals surface area contributed by atoms with Gasteiger partial charge >= 0.3 is 5.63 Å². The maximum absolute atomic E-state index is 11.1. The molecule has 0 aliphatic carbocycles. The Bertz CT molecular complexity index is 593. The van der Waals surface area contributed by atoms with Gasteiger partial charge in [0, 0.05) is 23.9 Å². The Morgan fingerprint density at radius 2 is 2.05 bits per heavy atom. The van der Waals surface area contributed by atoms with Gasteiger partial charge in [-0.05, 0) is 31.2 Å². The van der Waals surface area contributed by atoms with Crippen molar-refractivity contribution in [2.45, 2.75) is 18.9 Å². The molecular weight excluding hydrogens is 246 g/mol. The van der Waals surface area contributed by atoms with Crippen molar-refractivity contribution < 1.29 is 14.3 Å². The average molecular weight is 263 g/mol. The van der Waals surface area contributed by atoms with E-state index in [4.69, 9.17) is 14.9 Å². The predicted molar refractivity (Wildman–Crippen MR) is 72.3 cm³/mol. The van der Waals surface area contributed by atoms with E-state index in [1.807, 2.05) is 6.07 Å². The number of hydrogen-bond acceptors (Lipinski definition) is 5. The second-order valence-electron chi connectivity index (χ2n) is 4.32. The summed E-state index contributed by atoms with van der Waals surface area (Å²) in [5.41, 5.74) is 5.45. The summed E-state index contributed by atoms with van der Waals surface area (Å²) >= 11 is 0. The highest BCUT2D eigenvalue weighted by Crippen LogP contribution is 2.19. The molecule has 1 aromatic heterocycles. The molecule has 19 heavy (non-hydrogen) atoms. The first kappa shape index (κ1) is 13.6. The molecule has 0 saturated carbocycles. The Balaban J connectivity index is 1.99. The Morgan fingerprint density at radius 3 is 2.84 bits per heavy atom. The second-order valence-corrected chi connectivity index (χ2v) is 4.32. The first-order chi connectivity index (χ1) is 9.19. The van der Waals surface area contributed by atoms with E-state index in [0.717, 1.165) is 5.39 Å². The molecule has 0 bridgehead atoms. The summed E-state index contributed by atoms with van der Waals surface area (Å²) in [7, 11) is 0. The molecule has 0 fully saturated rings. The van der Waals surface area contributed by atoms with Gasteiger partial charge in [-0.2, -0.15) is 0 Å². The molecular formula is C14H17NO4. The number of ether oxygens (including phenoxy) is 1. The third-order valence-corrected chi connectivity index (χ3v) is 2.81. The summed E-state index contributed by atoms with van der Waals surface area (Å²) < 4.78 is 10.6. The van der Waals surface area contributed by atoms with E-state index >= 15 is 0 Å². The van der Waals surface area contributed by atoms with E-state index in [0.29, 0.717) is 37.3 Å². The molecule has 5 nitrogen and oxygen atoms in total. The highest BCUT2D eigenvalue weighted by atomic mass is 16.5. The number of aliphatic hydroxyl groups is 1. The highest BCUT2D eigenvalue weighted by Gasteiger charge is 2.04. The zero-order chi connectivity index (χ0) is 13.7. The van der Waals surface area contributed by atoms with Crippen molar-refractivity contribution in [3.8, 4) is 5.75 Å². The zero-order valence-electron chi connectivity index (χ0n) is 10.5. The number of rotatable bonds is 6. The van der Waals surface area contributed by atoms with E-state index in [2.05, 4.69) is 0 Å². The molecule has 0 radical (unpaired) electrons. The number of benzene rings is 1. The van der Waals surface area contributed by atoms with Crippen molar-refractivity contribution in [2.24, 2.45) is 5.73 Å². The van der Waals surface area contributed by atoms with E-state index in [9.17, 15) is 9.90 Å². The Hall–Kier alpha value is -1.85. The van der Waals surface area contributed by atoms with E-state index < -0.39 is 6.10 Å². The SMILES string of the molecule is NCCC(O)CCOc1ccc2ccc(=O)oc2c1. The van der Waals surface area contributed by atoms with Gasteiger partial charge in [-0.3, -0.25) is 0 Å². The fraction of sp³-hybridized carbons (Fsp3) is 0.357.